The summed E-state index contributed by atoms with van der Waals surface area (Å²) >= 11 is 0. The van der Waals surface area contributed by atoms with E-state index in [0.29, 0.717) is 0 Å². The van der Waals surface area contributed by atoms with E-state index in [-0.39, 0.29) is 5.41 Å². The lowest BCUT2D eigenvalue weighted by Crippen LogP contribution is -2.17. The lowest BCUT2D eigenvalue weighted by Gasteiger charge is -2.33. The van der Waals surface area contributed by atoms with Gasteiger partial charge in [0, 0.05) is 22.1 Å². The molecular weight excluding hydrogens is 699 g/mol. The SMILES string of the molecule is CC1(C)c2ccccc2-c2c(N(c3ccccc3-c3ccc(-c4ccccc4)cc3)c3cccc(-c4ccccc4)c3-c3ccccc3-c3ccccc3)cccc21. The fourth-order valence-corrected chi connectivity index (χ4v) is 9.13. The lowest BCUT2D eigenvalue weighted by molar-refractivity contribution is 0.660. The zero-order valence-electron chi connectivity index (χ0n) is 32.8. The molecule has 0 bridgehead atoms. The second-order valence-electron chi connectivity index (χ2n) is 15.6. The molecule has 0 spiro atoms. The summed E-state index contributed by atoms with van der Waals surface area (Å²) in [6, 6.07) is 81.9. The maximum Gasteiger partial charge on any atom is 0.0547 e. The van der Waals surface area contributed by atoms with Gasteiger partial charge in [0.15, 0.2) is 0 Å². The highest BCUT2D eigenvalue weighted by Gasteiger charge is 2.38. The first-order valence-electron chi connectivity index (χ1n) is 20.2. The summed E-state index contributed by atoms with van der Waals surface area (Å²) in [4.78, 5) is 2.56. The van der Waals surface area contributed by atoms with Gasteiger partial charge in [-0.05, 0) is 79.4 Å². The van der Waals surface area contributed by atoms with E-state index in [0.717, 1.165) is 22.6 Å². The zero-order chi connectivity index (χ0) is 39.1. The number of rotatable bonds is 8. The van der Waals surface area contributed by atoms with Crippen LogP contribution in [-0.2, 0) is 5.41 Å². The van der Waals surface area contributed by atoms with Gasteiger partial charge in [-0.3, -0.25) is 0 Å². The molecule has 0 aliphatic heterocycles. The maximum absolute atomic E-state index is 2.56. The number of hydrogen-bond acceptors (Lipinski definition) is 1. The predicted molar refractivity (Wildman–Crippen MR) is 246 cm³/mol. The van der Waals surface area contributed by atoms with Gasteiger partial charge in [-0.25, -0.2) is 0 Å². The zero-order valence-corrected chi connectivity index (χ0v) is 32.8. The third-order valence-corrected chi connectivity index (χ3v) is 11.9. The molecule has 0 radical (unpaired) electrons. The number of para-hydroxylation sites is 1. The highest BCUT2D eigenvalue weighted by Crippen LogP contribution is 2.57. The Morgan fingerprint density at radius 3 is 1.33 bits per heavy atom. The Kier molecular flexibility index (Phi) is 8.92. The van der Waals surface area contributed by atoms with Crippen LogP contribution >= 0.6 is 0 Å². The molecule has 1 heteroatoms. The van der Waals surface area contributed by atoms with Crippen LogP contribution < -0.4 is 4.90 Å². The highest BCUT2D eigenvalue weighted by molar-refractivity contribution is 6.05. The Bertz CT molecular complexity index is 2890. The van der Waals surface area contributed by atoms with E-state index in [1.54, 1.807) is 0 Å². The van der Waals surface area contributed by atoms with Gasteiger partial charge in [-0.15, -0.1) is 0 Å². The standard InChI is InChI=1S/C57H43N/c1-57(2)50-31-16-14-29-49(50)56-51(57)32-19-35-54(56)58(52-33-17-15-27-46(52)44-38-36-41(37-39-44)40-20-6-3-7-21-40)53-34-18-30-47(43-24-10-5-11-25-43)55(53)48-28-13-12-26-45(48)42-22-8-4-9-23-42/h3-39H,1-2H3. The van der Waals surface area contributed by atoms with E-state index in [2.05, 4.69) is 243 Å². The summed E-state index contributed by atoms with van der Waals surface area (Å²) in [5, 5.41) is 0. The molecule has 9 aromatic carbocycles. The fourth-order valence-electron chi connectivity index (χ4n) is 9.13. The van der Waals surface area contributed by atoms with Crippen molar-refractivity contribution in [2.45, 2.75) is 19.3 Å². The van der Waals surface area contributed by atoms with Crippen molar-refractivity contribution in [1.82, 2.24) is 0 Å². The van der Waals surface area contributed by atoms with Gasteiger partial charge < -0.3 is 4.90 Å². The second kappa shape index (κ2) is 14.7. The highest BCUT2D eigenvalue weighted by atomic mass is 15.2. The van der Waals surface area contributed by atoms with Crippen LogP contribution in [0.15, 0.2) is 224 Å². The molecule has 10 rings (SSSR count). The molecule has 1 aliphatic carbocycles. The predicted octanol–water partition coefficient (Wildman–Crippen LogP) is 15.8. The lowest BCUT2D eigenvalue weighted by atomic mass is 9.82. The minimum atomic E-state index is -0.158. The van der Waals surface area contributed by atoms with Gasteiger partial charge in [0.2, 0.25) is 0 Å². The van der Waals surface area contributed by atoms with Crippen molar-refractivity contribution in [2.24, 2.45) is 0 Å². The molecule has 0 amide bonds. The average Bonchev–Trinajstić information content (AvgIpc) is 3.54. The summed E-state index contributed by atoms with van der Waals surface area (Å²) in [6.45, 7) is 4.73. The van der Waals surface area contributed by atoms with Gasteiger partial charge in [-0.2, -0.15) is 0 Å². The smallest absolute Gasteiger partial charge is 0.0547 e. The summed E-state index contributed by atoms with van der Waals surface area (Å²) in [7, 11) is 0. The first-order valence-corrected chi connectivity index (χ1v) is 20.2. The van der Waals surface area contributed by atoms with Gasteiger partial charge in [0.1, 0.15) is 0 Å². The fraction of sp³-hybridized carbons (Fsp3) is 0.0526. The molecule has 0 N–H and O–H groups in total. The van der Waals surface area contributed by atoms with E-state index < -0.39 is 0 Å². The molecule has 0 saturated heterocycles. The third kappa shape index (κ3) is 6.04. The Labute approximate surface area is 342 Å². The first-order chi connectivity index (χ1) is 28.6. The number of hydrogen-bond donors (Lipinski definition) is 0. The summed E-state index contributed by atoms with van der Waals surface area (Å²) in [5.41, 5.74) is 20.4. The topological polar surface area (TPSA) is 3.24 Å². The molecule has 0 aromatic heterocycles. The second-order valence-corrected chi connectivity index (χ2v) is 15.6. The van der Waals surface area contributed by atoms with Gasteiger partial charge in [0.25, 0.3) is 0 Å². The molecule has 0 atom stereocenters. The van der Waals surface area contributed by atoms with Gasteiger partial charge in [0.05, 0.1) is 17.1 Å². The minimum Gasteiger partial charge on any atom is -0.309 e. The van der Waals surface area contributed by atoms with E-state index in [4.69, 9.17) is 0 Å². The Hall–Kier alpha value is -7.22. The van der Waals surface area contributed by atoms with Crippen LogP contribution in [0.1, 0.15) is 25.0 Å². The summed E-state index contributed by atoms with van der Waals surface area (Å²) < 4.78 is 0. The van der Waals surface area contributed by atoms with Crippen molar-refractivity contribution in [3.8, 4) is 66.8 Å². The van der Waals surface area contributed by atoms with Crippen molar-refractivity contribution >= 4 is 17.1 Å². The molecule has 0 heterocycles. The van der Waals surface area contributed by atoms with Crippen molar-refractivity contribution < 1.29 is 0 Å². The Morgan fingerprint density at radius 2 is 0.655 bits per heavy atom. The molecule has 1 nitrogen and oxygen atoms in total. The molecule has 58 heavy (non-hydrogen) atoms. The van der Waals surface area contributed by atoms with E-state index in [9.17, 15) is 0 Å². The minimum absolute atomic E-state index is 0.158. The van der Waals surface area contributed by atoms with Crippen LogP contribution in [0.25, 0.3) is 66.8 Å². The number of anilines is 3. The largest absolute Gasteiger partial charge is 0.309 e. The third-order valence-electron chi connectivity index (χ3n) is 11.9. The maximum atomic E-state index is 2.56. The normalized spacial score (nSPS) is 12.4. The monoisotopic (exact) mass is 741 g/mol. The van der Waals surface area contributed by atoms with Gasteiger partial charge in [-0.1, -0.05) is 220 Å². The van der Waals surface area contributed by atoms with Crippen LogP contribution in [-0.4, -0.2) is 0 Å². The van der Waals surface area contributed by atoms with E-state index in [1.165, 1.54) is 72.3 Å². The Balaban J connectivity index is 1.29. The molecule has 276 valence electrons. The molecule has 0 fully saturated rings. The molecule has 0 saturated carbocycles. The molecule has 9 aromatic rings. The van der Waals surface area contributed by atoms with Crippen LogP contribution in [0.3, 0.4) is 0 Å². The molecule has 0 unspecified atom stereocenters. The number of nitrogens with zero attached hydrogens (tertiary/aromatic N) is 1. The van der Waals surface area contributed by atoms with Crippen molar-refractivity contribution in [1.29, 1.82) is 0 Å². The van der Waals surface area contributed by atoms with Crippen LogP contribution in [0, 0.1) is 0 Å². The quantitative estimate of drug-likeness (QED) is 0.150. The van der Waals surface area contributed by atoms with Gasteiger partial charge >= 0.3 is 0 Å². The average molecular weight is 742 g/mol. The van der Waals surface area contributed by atoms with Crippen LogP contribution in [0.5, 0.6) is 0 Å². The number of benzene rings is 9. The van der Waals surface area contributed by atoms with E-state index >= 15 is 0 Å². The molecular formula is C57H43N. The Morgan fingerprint density at radius 1 is 0.259 bits per heavy atom. The first kappa shape index (κ1) is 35.2. The van der Waals surface area contributed by atoms with Crippen molar-refractivity contribution in [2.75, 3.05) is 4.90 Å². The molecule has 1 aliphatic rings. The van der Waals surface area contributed by atoms with Crippen molar-refractivity contribution in [3.05, 3.63) is 236 Å². The number of fused-ring (bicyclic) bond motifs is 3. The van der Waals surface area contributed by atoms with Crippen molar-refractivity contribution in [3.63, 3.8) is 0 Å². The van der Waals surface area contributed by atoms with E-state index in [1.807, 2.05) is 0 Å². The summed E-state index contributed by atoms with van der Waals surface area (Å²) in [6.07, 6.45) is 0. The van der Waals surface area contributed by atoms with Crippen LogP contribution in [0.4, 0.5) is 17.1 Å². The van der Waals surface area contributed by atoms with Crippen LogP contribution in [0.2, 0.25) is 0 Å². The summed E-state index contributed by atoms with van der Waals surface area (Å²) in [5.74, 6) is 0.